The van der Waals surface area contributed by atoms with Crippen molar-refractivity contribution in [1.82, 2.24) is 5.32 Å². The topological polar surface area (TPSA) is 114 Å². The number of hydrogen-bond donors (Lipinski definition) is 3. The number of benzene rings is 1. The molecule has 154 valence electrons. The van der Waals surface area contributed by atoms with Crippen LogP contribution < -0.4 is 10.1 Å². The Morgan fingerprint density at radius 3 is 2.04 bits per heavy atom. The Kier molecular flexibility index (Phi) is 13.8. The molecule has 27 heavy (non-hydrogen) atoms. The summed E-state index contributed by atoms with van der Waals surface area (Å²) in [5.41, 5.74) is 3.65. The lowest BCUT2D eigenvalue weighted by molar-refractivity contribution is -0.159. The van der Waals surface area contributed by atoms with Gasteiger partial charge >= 0.3 is 11.9 Å². The van der Waals surface area contributed by atoms with Crippen molar-refractivity contribution in [2.24, 2.45) is 0 Å². The SMILES string of the molecule is COCCCNCCOCCOc1c(C)cc(C)cc1C.O=C(O)C(=O)O. The number of nitrogens with one attached hydrogen (secondary N) is 1. The first kappa shape index (κ1) is 24.8. The lowest BCUT2D eigenvalue weighted by Crippen LogP contribution is -2.22. The Morgan fingerprint density at radius 1 is 0.926 bits per heavy atom. The normalized spacial score (nSPS) is 10.1. The number of hydrogen-bond acceptors (Lipinski definition) is 6. The summed E-state index contributed by atoms with van der Waals surface area (Å²) in [4.78, 5) is 18.2. The first-order valence-corrected chi connectivity index (χ1v) is 8.73. The summed E-state index contributed by atoms with van der Waals surface area (Å²) in [7, 11) is 1.72. The van der Waals surface area contributed by atoms with E-state index in [4.69, 9.17) is 34.0 Å². The zero-order valence-electron chi connectivity index (χ0n) is 16.5. The van der Waals surface area contributed by atoms with Gasteiger partial charge in [0.15, 0.2) is 0 Å². The predicted octanol–water partition coefficient (Wildman–Crippen LogP) is 1.79. The highest BCUT2D eigenvalue weighted by Gasteiger charge is 2.05. The van der Waals surface area contributed by atoms with Crippen LogP contribution in [0.25, 0.3) is 0 Å². The van der Waals surface area contributed by atoms with Crippen LogP contribution in [0.5, 0.6) is 5.75 Å². The molecule has 0 bridgehead atoms. The number of carboxylic acid groups (broad SMARTS) is 2. The molecule has 0 unspecified atom stereocenters. The number of ether oxygens (including phenoxy) is 3. The highest BCUT2D eigenvalue weighted by Crippen LogP contribution is 2.24. The number of aliphatic carboxylic acids is 2. The van der Waals surface area contributed by atoms with Gasteiger partial charge in [0.1, 0.15) is 12.4 Å². The van der Waals surface area contributed by atoms with Crippen LogP contribution in [-0.4, -0.2) is 68.8 Å². The number of carbonyl (C=O) groups is 2. The zero-order valence-corrected chi connectivity index (χ0v) is 16.5. The summed E-state index contributed by atoms with van der Waals surface area (Å²) < 4.78 is 16.3. The Hall–Kier alpha value is -2.16. The average Bonchev–Trinajstić information content (AvgIpc) is 2.58. The summed E-state index contributed by atoms with van der Waals surface area (Å²) in [6.45, 7) is 10.8. The van der Waals surface area contributed by atoms with Crippen LogP contribution in [0.4, 0.5) is 0 Å². The van der Waals surface area contributed by atoms with Crippen molar-refractivity contribution < 1.29 is 34.0 Å². The molecule has 0 heterocycles. The minimum atomic E-state index is -1.82. The predicted molar refractivity (Wildman–Crippen MR) is 102 cm³/mol. The van der Waals surface area contributed by atoms with Crippen molar-refractivity contribution in [2.75, 3.05) is 46.6 Å². The van der Waals surface area contributed by atoms with Gasteiger partial charge in [-0.3, -0.25) is 0 Å². The summed E-state index contributed by atoms with van der Waals surface area (Å²) in [5, 5.41) is 18.1. The van der Waals surface area contributed by atoms with E-state index in [0.717, 1.165) is 31.9 Å². The van der Waals surface area contributed by atoms with E-state index in [2.05, 4.69) is 38.2 Å². The average molecular weight is 385 g/mol. The Bertz CT molecular complexity index is 540. The summed E-state index contributed by atoms with van der Waals surface area (Å²) in [6, 6.07) is 4.29. The molecule has 0 fully saturated rings. The molecule has 0 saturated carbocycles. The third-order valence-electron chi connectivity index (χ3n) is 3.39. The quantitative estimate of drug-likeness (QED) is 0.390. The standard InChI is InChI=1S/C17H29NO3.C2H2O4/c1-14-12-15(2)17(16(3)13-14)21-11-10-20-9-7-18-6-5-8-19-4;3-1(4)2(5)6/h12-13,18H,5-11H2,1-4H3;(H,3,4)(H,5,6). The van der Waals surface area contributed by atoms with Gasteiger partial charge in [0.2, 0.25) is 0 Å². The van der Waals surface area contributed by atoms with Gasteiger partial charge in [-0.25, -0.2) is 9.59 Å². The Morgan fingerprint density at radius 2 is 1.52 bits per heavy atom. The second kappa shape index (κ2) is 15.0. The molecule has 1 aromatic carbocycles. The van der Waals surface area contributed by atoms with Gasteiger partial charge in [0.05, 0.1) is 13.2 Å². The molecule has 0 amide bonds. The summed E-state index contributed by atoms with van der Waals surface area (Å²) in [5.74, 6) is -2.66. The van der Waals surface area contributed by atoms with E-state index in [1.807, 2.05) is 0 Å². The van der Waals surface area contributed by atoms with Gasteiger partial charge in [-0.1, -0.05) is 17.7 Å². The van der Waals surface area contributed by atoms with E-state index in [0.29, 0.717) is 19.8 Å². The van der Waals surface area contributed by atoms with Crippen molar-refractivity contribution in [2.45, 2.75) is 27.2 Å². The molecule has 0 aliphatic heterocycles. The van der Waals surface area contributed by atoms with Crippen molar-refractivity contribution in [3.63, 3.8) is 0 Å². The van der Waals surface area contributed by atoms with E-state index in [1.165, 1.54) is 16.7 Å². The maximum absolute atomic E-state index is 9.10. The molecule has 3 N–H and O–H groups in total. The van der Waals surface area contributed by atoms with Crippen LogP contribution in [0, 0.1) is 20.8 Å². The van der Waals surface area contributed by atoms with Crippen LogP contribution in [0.15, 0.2) is 12.1 Å². The fraction of sp³-hybridized carbons (Fsp3) is 0.579. The van der Waals surface area contributed by atoms with Gasteiger partial charge in [-0.15, -0.1) is 0 Å². The van der Waals surface area contributed by atoms with Gasteiger partial charge in [-0.2, -0.15) is 0 Å². The molecule has 0 spiro atoms. The molecular formula is C19H31NO7. The zero-order chi connectivity index (χ0) is 20.7. The van der Waals surface area contributed by atoms with E-state index >= 15 is 0 Å². The number of aryl methyl sites for hydroxylation is 3. The fourth-order valence-corrected chi connectivity index (χ4v) is 2.31. The summed E-state index contributed by atoms with van der Waals surface area (Å²) in [6.07, 6.45) is 1.03. The summed E-state index contributed by atoms with van der Waals surface area (Å²) >= 11 is 0. The van der Waals surface area contributed by atoms with Crippen LogP contribution >= 0.6 is 0 Å². The third kappa shape index (κ3) is 12.8. The Balaban J connectivity index is 0.000000972. The molecule has 0 aliphatic rings. The second-order valence-corrected chi connectivity index (χ2v) is 5.90. The minimum absolute atomic E-state index is 0.592. The van der Waals surface area contributed by atoms with Gasteiger partial charge < -0.3 is 29.7 Å². The van der Waals surface area contributed by atoms with Crippen molar-refractivity contribution >= 4 is 11.9 Å². The number of carboxylic acids is 2. The monoisotopic (exact) mass is 385 g/mol. The molecule has 1 aromatic rings. The molecule has 0 atom stereocenters. The molecule has 0 aliphatic carbocycles. The van der Waals surface area contributed by atoms with Crippen LogP contribution in [-0.2, 0) is 19.1 Å². The minimum Gasteiger partial charge on any atom is -0.491 e. The first-order chi connectivity index (χ1) is 12.8. The largest absolute Gasteiger partial charge is 0.491 e. The van der Waals surface area contributed by atoms with E-state index < -0.39 is 11.9 Å². The van der Waals surface area contributed by atoms with Gasteiger partial charge in [-0.05, 0) is 44.9 Å². The molecule has 8 heteroatoms. The molecule has 8 nitrogen and oxygen atoms in total. The first-order valence-electron chi connectivity index (χ1n) is 8.73. The molecule has 1 rings (SSSR count). The molecule has 0 aromatic heterocycles. The molecule has 0 radical (unpaired) electrons. The van der Waals surface area contributed by atoms with Gasteiger partial charge in [0.25, 0.3) is 0 Å². The number of rotatable bonds is 11. The lowest BCUT2D eigenvalue weighted by atomic mass is 10.1. The van der Waals surface area contributed by atoms with Gasteiger partial charge in [0, 0.05) is 20.3 Å². The van der Waals surface area contributed by atoms with Crippen molar-refractivity contribution in [3.05, 3.63) is 28.8 Å². The smallest absolute Gasteiger partial charge is 0.414 e. The maximum atomic E-state index is 9.10. The van der Waals surface area contributed by atoms with Crippen molar-refractivity contribution in [1.29, 1.82) is 0 Å². The van der Waals surface area contributed by atoms with Crippen LogP contribution in [0.3, 0.4) is 0 Å². The van der Waals surface area contributed by atoms with Crippen LogP contribution in [0.2, 0.25) is 0 Å². The second-order valence-electron chi connectivity index (χ2n) is 5.90. The Labute approximate surface area is 160 Å². The van der Waals surface area contributed by atoms with E-state index in [-0.39, 0.29) is 0 Å². The maximum Gasteiger partial charge on any atom is 0.414 e. The van der Waals surface area contributed by atoms with E-state index in [9.17, 15) is 0 Å². The highest BCUT2D eigenvalue weighted by atomic mass is 16.5. The fourth-order valence-electron chi connectivity index (χ4n) is 2.31. The lowest BCUT2D eigenvalue weighted by Gasteiger charge is -2.13. The number of methoxy groups -OCH3 is 1. The third-order valence-corrected chi connectivity index (χ3v) is 3.39. The molecular weight excluding hydrogens is 354 g/mol. The highest BCUT2D eigenvalue weighted by molar-refractivity contribution is 6.27. The van der Waals surface area contributed by atoms with Crippen molar-refractivity contribution in [3.8, 4) is 5.75 Å². The van der Waals surface area contributed by atoms with E-state index in [1.54, 1.807) is 7.11 Å². The molecule has 0 saturated heterocycles. The van der Waals surface area contributed by atoms with Crippen LogP contribution in [0.1, 0.15) is 23.1 Å².